The van der Waals surface area contributed by atoms with Gasteiger partial charge in [0, 0.05) is 23.6 Å². The molecule has 0 saturated heterocycles. The van der Waals surface area contributed by atoms with Gasteiger partial charge in [-0.1, -0.05) is 25.1 Å². The highest BCUT2D eigenvalue weighted by Gasteiger charge is 2.22. The van der Waals surface area contributed by atoms with Crippen molar-refractivity contribution in [1.82, 2.24) is 9.47 Å². The van der Waals surface area contributed by atoms with E-state index in [0.29, 0.717) is 29.0 Å². The van der Waals surface area contributed by atoms with Crippen LogP contribution in [0.25, 0.3) is 10.9 Å². The Morgan fingerprint density at radius 2 is 1.79 bits per heavy atom. The number of para-hydroxylation sites is 1. The van der Waals surface area contributed by atoms with Gasteiger partial charge in [0.1, 0.15) is 6.54 Å². The van der Waals surface area contributed by atoms with Gasteiger partial charge in [0.15, 0.2) is 17.5 Å². The van der Waals surface area contributed by atoms with Gasteiger partial charge in [-0.25, -0.2) is 18.0 Å². The maximum Gasteiger partial charge on any atom is 0.340 e. The summed E-state index contributed by atoms with van der Waals surface area (Å²) in [6.07, 6.45) is 2.05. The van der Waals surface area contributed by atoms with Gasteiger partial charge in [-0.15, -0.1) is 0 Å². The second-order valence-corrected chi connectivity index (χ2v) is 7.27. The number of hydrogen-bond donors (Lipinski definition) is 1. The molecular formula is C23H22F3N3O4. The molecule has 0 atom stereocenters. The molecule has 1 heterocycles. The van der Waals surface area contributed by atoms with Gasteiger partial charge in [0.05, 0.1) is 24.9 Å². The number of nitrogens with one attached hydrogen (secondary N) is 1. The number of rotatable bonds is 8. The molecule has 7 nitrogen and oxygen atoms in total. The van der Waals surface area contributed by atoms with E-state index in [1.807, 2.05) is 6.92 Å². The highest BCUT2D eigenvalue weighted by Crippen LogP contribution is 2.23. The van der Waals surface area contributed by atoms with Crippen LogP contribution in [0, 0.1) is 17.5 Å². The first-order valence-electron chi connectivity index (χ1n) is 10.1. The van der Waals surface area contributed by atoms with Crippen molar-refractivity contribution in [3.05, 3.63) is 65.6 Å². The van der Waals surface area contributed by atoms with E-state index in [1.54, 1.807) is 28.8 Å². The number of amides is 2. The molecule has 10 heteroatoms. The molecule has 1 N–H and O–H groups in total. The van der Waals surface area contributed by atoms with Crippen LogP contribution in [0.15, 0.2) is 42.6 Å². The minimum absolute atomic E-state index is 0.162. The standard InChI is InChI=1S/C23H22F3N3O4/c1-3-10-28(12-19(30)27-17-9-8-16(24)21(25)22(17)26)20(31)13-29-11-15(23(32)33-2)14-6-4-5-7-18(14)29/h4-9,11H,3,10,12-13H2,1-2H3,(H,27,30). The van der Waals surface area contributed by atoms with Crippen molar-refractivity contribution < 1.29 is 32.3 Å². The van der Waals surface area contributed by atoms with Gasteiger partial charge in [0.2, 0.25) is 11.8 Å². The number of anilines is 1. The summed E-state index contributed by atoms with van der Waals surface area (Å²) in [5.41, 5.74) is 0.410. The molecule has 0 saturated carbocycles. The van der Waals surface area contributed by atoms with E-state index < -0.39 is 47.5 Å². The quantitative estimate of drug-likeness (QED) is 0.410. The topological polar surface area (TPSA) is 80.6 Å². The van der Waals surface area contributed by atoms with Crippen LogP contribution in [0.1, 0.15) is 23.7 Å². The van der Waals surface area contributed by atoms with Crippen molar-refractivity contribution in [3.8, 4) is 0 Å². The summed E-state index contributed by atoms with van der Waals surface area (Å²) in [5, 5.41) is 2.78. The minimum Gasteiger partial charge on any atom is -0.465 e. The molecule has 0 aliphatic carbocycles. The molecule has 0 radical (unpaired) electrons. The number of carbonyl (C=O) groups excluding carboxylic acids is 3. The van der Waals surface area contributed by atoms with Crippen LogP contribution in [-0.2, 0) is 20.9 Å². The molecule has 0 fully saturated rings. The first-order valence-corrected chi connectivity index (χ1v) is 10.1. The average molecular weight is 461 g/mol. The zero-order valence-corrected chi connectivity index (χ0v) is 18.0. The number of nitrogens with zero attached hydrogens (tertiary/aromatic N) is 2. The Kier molecular flexibility index (Phi) is 7.37. The number of halogens is 3. The predicted octanol–water partition coefficient (Wildman–Crippen LogP) is 3.72. The summed E-state index contributed by atoms with van der Waals surface area (Å²) >= 11 is 0. The highest BCUT2D eigenvalue weighted by atomic mass is 19.2. The van der Waals surface area contributed by atoms with E-state index in [2.05, 4.69) is 5.32 Å². The van der Waals surface area contributed by atoms with E-state index in [-0.39, 0.29) is 13.1 Å². The van der Waals surface area contributed by atoms with Crippen molar-refractivity contribution >= 4 is 34.4 Å². The molecule has 33 heavy (non-hydrogen) atoms. The monoisotopic (exact) mass is 461 g/mol. The minimum atomic E-state index is -1.70. The van der Waals surface area contributed by atoms with E-state index in [1.165, 1.54) is 18.2 Å². The van der Waals surface area contributed by atoms with Gasteiger partial charge in [-0.3, -0.25) is 9.59 Å². The van der Waals surface area contributed by atoms with Gasteiger partial charge in [-0.2, -0.15) is 0 Å². The van der Waals surface area contributed by atoms with E-state index in [9.17, 15) is 27.6 Å². The Hall–Kier alpha value is -3.82. The van der Waals surface area contributed by atoms with Gasteiger partial charge >= 0.3 is 5.97 Å². The first kappa shape index (κ1) is 23.8. The molecule has 2 aromatic carbocycles. The normalized spacial score (nSPS) is 10.8. The maximum atomic E-state index is 13.8. The molecule has 174 valence electrons. The Morgan fingerprint density at radius 3 is 2.48 bits per heavy atom. The molecule has 2 amide bonds. The second kappa shape index (κ2) is 10.2. The number of esters is 1. The summed E-state index contributed by atoms with van der Waals surface area (Å²) in [6.45, 7) is 1.46. The number of ether oxygens (including phenoxy) is 1. The predicted molar refractivity (Wildman–Crippen MR) is 115 cm³/mol. The Bertz CT molecular complexity index is 1210. The molecular weight excluding hydrogens is 439 g/mol. The lowest BCUT2D eigenvalue weighted by atomic mass is 10.2. The number of aromatic nitrogens is 1. The van der Waals surface area contributed by atoms with Gasteiger partial charge in [0.25, 0.3) is 0 Å². The molecule has 0 aliphatic rings. The van der Waals surface area contributed by atoms with Crippen molar-refractivity contribution in [2.24, 2.45) is 0 Å². The number of methoxy groups -OCH3 is 1. The lowest BCUT2D eigenvalue weighted by Gasteiger charge is -2.22. The maximum absolute atomic E-state index is 13.8. The molecule has 3 rings (SSSR count). The zero-order valence-electron chi connectivity index (χ0n) is 18.0. The Balaban J connectivity index is 1.78. The number of carbonyl (C=O) groups is 3. The summed E-state index contributed by atoms with van der Waals surface area (Å²) in [4.78, 5) is 38.7. The Labute approximate surface area is 187 Å². The van der Waals surface area contributed by atoms with Crippen molar-refractivity contribution in [1.29, 1.82) is 0 Å². The van der Waals surface area contributed by atoms with Crippen LogP contribution in [0.4, 0.5) is 18.9 Å². The highest BCUT2D eigenvalue weighted by molar-refractivity contribution is 6.04. The molecule has 1 aromatic heterocycles. The smallest absolute Gasteiger partial charge is 0.340 e. The summed E-state index contributed by atoms with van der Waals surface area (Å²) in [6, 6.07) is 8.59. The largest absolute Gasteiger partial charge is 0.465 e. The fraction of sp³-hybridized carbons (Fsp3) is 0.261. The van der Waals surface area contributed by atoms with Crippen LogP contribution < -0.4 is 5.32 Å². The fourth-order valence-corrected chi connectivity index (χ4v) is 3.44. The van der Waals surface area contributed by atoms with Crippen molar-refractivity contribution in [3.63, 3.8) is 0 Å². The first-order chi connectivity index (χ1) is 15.8. The number of benzene rings is 2. The van der Waals surface area contributed by atoms with Crippen molar-refractivity contribution in [2.75, 3.05) is 25.5 Å². The summed E-state index contributed by atoms with van der Waals surface area (Å²) < 4.78 is 46.7. The lowest BCUT2D eigenvalue weighted by molar-refractivity contribution is -0.135. The molecule has 0 unspecified atom stereocenters. The number of hydrogen-bond acceptors (Lipinski definition) is 4. The van der Waals surface area contributed by atoms with E-state index >= 15 is 0 Å². The SMILES string of the molecule is CCCN(CC(=O)Nc1ccc(F)c(F)c1F)C(=O)Cn1cc(C(=O)OC)c2ccccc21. The third kappa shape index (κ3) is 5.16. The molecule has 3 aromatic rings. The fourth-order valence-electron chi connectivity index (χ4n) is 3.44. The second-order valence-electron chi connectivity index (χ2n) is 7.27. The molecule has 0 aliphatic heterocycles. The van der Waals surface area contributed by atoms with Crippen LogP contribution >= 0.6 is 0 Å². The van der Waals surface area contributed by atoms with E-state index in [0.717, 1.165) is 6.07 Å². The van der Waals surface area contributed by atoms with Crippen LogP contribution in [0.5, 0.6) is 0 Å². The third-order valence-electron chi connectivity index (χ3n) is 4.99. The van der Waals surface area contributed by atoms with Crippen molar-refractivity contribution in [2.45, 2.75) is 19.9 Å². The molecule has 0 spiro atoms. The van der Waals surface area contributed by atoms with Gasteiger partial charge < -0.3 is 19.5 Å². The van der Waals surface area contributed by atoms with Gasteiger partial charge in [-0.05, 0) is 24.6 Å². The van der Waals surface area contributed by atoms with Crippen LogP contribution in [0.3, 0.4) is 0 Å². The van der Waals surface area contributed by atoms with E-state index in [4.69, 9.17) is 4.74 Å². The lowest BCUT2D eigenvalue weighted by Crippen LogP contribution is -2.40. The average Bonchev–Trinajstić information content (AvgIpc) is 3.17. The Morgan fingerprint density at radius 1 is 1.06 bits per heavy atom. The molecule has 0 bridgehead atoms. The zero-order chi connectivity index (χ0) is 24.1. The summed E-state index contributed by atoms with van der Waals surface area (Å²) in [5.74, 6) is -6.33. The summed E-state index contributed by atoms with van der Waals surface area (Å²) in [7, 11) is 1.26. The third-order valence-corrected chi connectivity index (χ3v) is 4.99. The van der Waals surface area contributed by atoms with Crippen LogP contribution in [0.2, 0.25) is 0 Å². The van der Waals surface area contributed by atoms with Crippen LogP contribution in [-0.4, -0.2) is 47.4 Å². The number of fused-ring (bicyclic) bond motifs is 1.